The SMILES string of the molecule is N#Cc1ccc2nc(CCl)oc2c1. The van der Waals surface area contributed by atoms with Crippen LogP contribution in [0.15, 0.2) is 22.6 Å². The van der Waals surface area contributed by atoms with Crippen LogP contribution in [-0.2, 0) is 5.88 Å². The molecular formula is C9H5ClN2O. The van der Waals surface area contributed by atoms with Gasteiger partial charge in [-0.2, -0.15) is 5.26 Å². The number of alkyl halides is 1. The van der Waals surface area contributed by atoms with E-state index in [0.717, 1.165) is 5.52 Å². The van der Waals surface area contributed by atoms with Gasteiger partial charge in [-0.1, -0.05) is 0 Å². The van der Waals surface area contributed by atoms with Gasteiger partial charge in [0.1, 0.15) is 5.52 Å². The van der Waals surface area contributed by atoms with Crippen molar-refractivity contribution in [1.82, 2.24) is 4.98 Å². The lowest BCUT2D eigenvalue weighted by atomic mass is 10.2. The summed E-state index contributed by atoms with van der Waals surface area (Å²) in [5.41, 5.74) is 1.90. The van der Waals surface area contributed by atoms with Gasteiger partial charge in [0.15, 0.2) is 5.58 Å². The molecule has 0 saturated carbocycles. The van der Waals surface area contributed by atoms with E-state index in [1.54, 1.807) is 18.2 Å². The number of hydrogen-bond donors (Lipinski definition) is 0. The zero-order valence-corrected chi connectivity index (χ0v) is 7.38. The lowest BCUT2D eigenvalue weighted by molar-refractivity contribution is 0.555. The Hall–Kier alpha value is -1.53. The van der Waals surface area contributed by atoms with Crippen LogP contribution in [0.1, 0.15) is 11.5 Å². The second kappa shape index (κ2) is 3.08. The molecule has 13 heavy (non-hydrogen) atoms. The number of nitriles is 1. The molecule has 0 radical (unpaired) electrons. The predicted molar refractivity (Wildman–Crippen MR) is 48.3 cm³/mol. The van der Waals surface area contributed by atoms with Crippen LogP contribution in [0, 0.1) is 11.3 Å². The molecule has 4 heteroatoms. The highest BCUT2D eigenvalue weighted by Crippen LogP contribution is 2.17. The second-order valence-electron chi connectivity index (χ2n) is 2.54. The van der Waals surface area contributed by atoms with E-state index in [1.807, 2.05) is 6.07 Å². The third kappa shape index (κ3) is 1.36. The standard InChI is InChI=1S/C9H5ClN2O/c10-4-9-12-7-2-1-6(5-11)3-8(7)13-9/h1-3H,4H2. The monoisotopic (exact) mass is 192 g/mol. The number of rotatable bonds is 1. The first-order valence-electron chi connectivity index (χ1n) is 3.69. The lowest BCUT2D eigenvalue weighted by Crippen LogP contribution is -1.73. The van der Waals surface area contributed by atoms with Crippen molar-refractivity contribution < 1.29 is 4.42 Å². The van der Waals surface area contributed by atoms with Gasteiger partial charge in [0, 0.05) is 6.07 Å². The van der Waals surface area contributed by atoms with E-state index >= 15 is 0 Å². The average Bonchev–Trinajstić information content (AvgIpc) is 2.58. The number of halogens is 1. The van der Waals surface area contributed by atoms with Gasteiger partial charge in [-0.15, -0.1) is 11.6 Å². The van der Waals surface area contributed by atoms with Gasteiger partial charge in [0.25, 0.3) is 0 Å². The summed E-state index contributed by atoms with van der Waals surface area (Å²) in [6.45, 7) is 0. The van der Waals surface area contributed by atoms with Gasteiger partial charge in [0.2, 0.25) is 5.89 Å². The van der Waals surface area contributed by atoms with Gasteiger partial charge in [0.05, 0.1) is 17.5 Å². The molecule has 0 saturated heterocycles. The quantitative estimate of drug-likeness (QED) is 0.652. The average molecular weight is 193 g/mol. The highest BCUT2D eigenvalue weighted by Gasteiger charge is 2.04. The summed E-state index contributed by atoms with van der Waals surface area (Å²) in [7, 11) is 0. The Balaban J connectivity index is 2.65. The van der Waals surface area contributed by atoms with Crippen molar-refractivity contribution in [3.63, 3.8) is 0 Å². The Kier molecular flexibility index (Phi) is 1.91. The number of hydrogen-bond acceptors (Lipinski definition) is 3. The first kappa shape index (κ1) is 8.09. The van der Waals surface area contributed by atoms with E-state index in [1.165, 1.54) is 0 Å². The number of aromatic nitrogens is 1. The molecule has 1 heterocycles. The zero-order valence-electron chi connectivity index (χ0n) is 6.62. The molecule has 3 nitrogen and oxygen atoms in total. The Labute approximate surface area is 79.6 Å². The highest BCUT2D eigenvalue weighted by molar-refractivity contribution is 6.16. The Morgan fingerprint density at radius 1 is 1.54 bits per heavy atom. The van der Waals surface area contributed by atoms with Crippen LogP contribution in [0.25, 0.3) is 11.1 Å². The largest absolute Gasteiger partial charge is 0.439 e. The third-order valence-corrected chi connectivity index (χ3v) is 1.90. The van der Waals surface area contributed by atoms with Crippen LogP contribution in [-0.4, -0.2) is 4.98 Å². The first-order chi connectivity index (χ1) is 6.33. The minimum atomic E-state index is 0.247. The molecule has 2 aromatic rings. The smallest absolute Gasteiger partial charge is 0.210 e. The summed E-state index contributed by atoms with van der Waals surface area (Å²) in [5, 5.41) is 8.62. The zero-order chi connectivity index (χ0) is 9.26. The maximum absolute atomic E-state index is 8.62. The Morgan fingerprint density at radius 2 is 2.38 bits per heavy atom. The molecule has 2 rings (SSSR count). The summed E-state index contributed by atoms with van der Waals surface area (Å²) in [6, 6.07) is 7.12. The third-order valence-electron chi connectivity index (χ3n) is 1.68. The van der Waals surface area contributed by atoms with Gasteiger partial charge in [-0.3, -0.25) is 0 Å². The second-order valence-corrected chi connectivity index (χ2v) is 2.80. The predicted octanol–water partition coefficient (Wildman–Crippen LogP) is 2.44. The molecule has 1 aromatic carbocycles. The molecule has 0 N–H and O–H groups in total. The minimum Gasteiger partial charge on any atom is -0.439 e. The number of benzene rings is 1. The lowest BCUT2D eigenvalue weighted by Gasteiger charge is -1.85. The molecule has 0 unspecified atom stereocenters. The van der Waals surface area contributed by atoms with Crippen LogP contribution >= 0.6 is 11.6 Å². The van der Waals surface area contributed by atoms with E-state index in [0.29, 0.717) is 17.0 Å². The van der Waals surface area contributed by atoms with Crippen molar-refractivity contribution in [2.24, 2.45) is 0 Å². The van der Waals surface area contributed by atoms with E-state index in [2.05, 4.69) is 4.98 Å². The van der Waals surface area contributed by atoms with Crippen LogP contribution < -0.4 is 0 Å². The van der Waals surface area contributed by atoms with Crippen LogP contribution in [0.4, 0.5) is 0 Å². The fourth-order valence-electron chi connectivity index (χ4n) is 1.10. The normalized spacial score (nSPS) is 10.2. The van der Waals surface area contributed by atoms with Crippen LogP contribution in [0.3, 0.4) is 0 Å². The molecule has 0 atom stereocenters. The summed E-state index contributed by atoms with van der Waals surface area (Å²) >= 11 is 5.55. The fraction of sp³-hybridized carbons (Fsp3) is 0.111. The minimum absolute atomic E-state index is 0.247. The summed E-state index contributed by atoms with van der Waals surface area (Å²) in [6.07, 6.45) is 0. The number of fused-ring (bicyclic) bond motifs is 1. The molecule has 0 fully saturated rings. The van der Waals surface area contributed by atoms with Crippen molar-refractivity contribution in [2.75, 3.05) is 0 Å². The topological polar surface area (TPSA) is 49.8 Å². The van der Waals surface area contributed by atoms with Crippen molar-refractivity contribution in [3.8, 4) is 6.07 Å². The molecule has 0 bridgehead atoms. The van der Waals surface area contributed by atoms with Crippen molar-refractivity contribution in [1.29, 1.82) is 5.26 Å². The molecule has 0 spiro atoms. The van der Waals surface area contributed by atoms with Crippen molar-refractivity contribution in [3.05, 3.63) is 29.7 Å². The first-order valence-corrected chi connectivity index (χ1v) is 4.22. The highest BCUT2D eigenvalue weighted by atomic mass is 35.5. The fourth-order valence-corrected chi connectivity index (χ4v) is 1.21. The summed E-state index contributed by atoms with van der Waals surface area (Å²) in [5.74, 6) is 0.725. The van der Waals surface area contributed by atoms with Gasteiger partial charge < -0.3 is 4.42 Å². The van der Waals surface area contributed by atoms with Crippen molar-refractivity contribution in [2.45, 2.75) is 5.88 Å². The van der Waals surface area contributed by atoms with E-state index < -0.39 is 0 Å². The van der Waals surface area contributed by atoms with E-state index in [9.17, 15) is 0 Å². The molecule has 0 aliphatic rings. The number of oxazole rings is 1. The molecule has 1 aromatic heterocycles. The molecule has 0 amide bonds. The van der Waals surface area contributed by atoms with E-state index in [4.69, 9.17) is 21.3 Å². The maximum Gasteiger partial charge on any atom is 0.210 e. The van der Waals surface area contributed by atoms with Gasteiger partial charge >= 0.3 is 0 Å². The van der Waals surface area contributed by atoms with Gasteiger partial charge in [-0.25, -0.2) is 4.98 Å². The van der Waals surface area contributed by atoms with Crippen molar-refractivity contribution >= 4 is 22.7 Å². The maximum atomic E-state index is 8.62. The Bertz CT molecular complexity index is 484. The summed E-state index contributed by atoms with van der Waals surface area (Å²) < 4.78 is 5.27. The molecule has 0 aliphatic heterocycles. The molecular weight excluding hydrogens is 188 g/mol. The number of nitrogens with zero attached hydrogens (tertiary/aromatic N) is 2. The molecule has 0 aliphatic carbocycles. The molecule has 64 valence electrons. The Morgan fingerprint density at radius 3 is 3.08 bits per heavy atom. The van der Waals surface area contributed by atoms with Crippen LogP contribution in [0.5, 0.6) is 0 Å². The van der Waals surface area contributed by atoms with E-state index in [-0.39, 0.29) is 5.88 Å². The van der Waals surface area contributed by atoms with Crippen LogP contribution in [0.2, 0.25) is 0 Å². The summed E-state index contributed by atoms with van der Waals surface area (Å²) in [4.78, 5) is 4.10. The van der Waals surface area contributed by atoms with Gasteiger partial charge in [-0.05, 0) is 12.1 Å².